The number of carbonyl (C=O) groups is 1. The van der Waals surface area contributed by atoms with Crippen LogP contribution in [0.4, 0.5) is 0 Å². The van der Waals surface area contributed by atoms with Crippen LogP contribution < -0.4 is 5.32 Å². The maximum Gasteiger partial charge on any atom is 0.251 e. The third-order valence-electron chi connectivity index (χ3n) is 2.98. The van der Waals surface area contributed by atoms with E-state index in [0.717, 1.165) is 27.6 Å². The Morgan fingerprint density at radius 3 is 2.68 bits per heavy atom. The molecule has 0 unspecified atom stereocenters. The van der Waals surface area contributed by atoms with Gasteiger partial charge in [-0.15, -0.1) is 0 Å². The molecule has 2 rings (SSSR count). The zero-order valence-corrected chi connectivity index (χ0v) is 12.4. The second-order valence-electron chi connectivity index (χ2n) is 4.32. The van der Waals surface area contributed by atoms with Gasteiger partial charge >= 0.3 is 0 Å². The second-order valence-corrected chi connectivity index (χ2v) is 5.24. The fourth-order valence-corrected chi connectivity index (χ4v) is 2.42. The first kappa shape index (κ1) is 13.8. The number of hydrogen-bond donors (Lipinski definition) is 1. The molecule has 0 saturated carbocycles. The normalized spacial score (nSPS) is 10.2. The quantitative estimate of drug-likeness (QED) is 0.909. The Balaban J connectivity index is 2.05. The molecule has 0 spiro atoms. The number of aryl methyl sites for hydroxylation is 1. The number of amides is 1. The average molecular weight is 318 g/mol. The molecule has 3 heteroatoms. The van der Waals surface area contributed by atoms with Crippen LogP contribution in [0.25, 0.3) is 0 Å². The van der Waals surface area contributed by atoms with Crippen LogP contribution in [0.2, 0.25) is 0 Å². The van der Waals surface area contributed by atoms with Crippen LogP contribution in [0.5, 0.6) is 0 Å². The lowest BCUT2D eigenvalue weighted by Crippen LogP contribution is -2.23. The highest BCUT2D eigenvalue weighted by atomic mass is 79.9. The van der Waals surface area contributed by atoms with Gasteiger partial charge in [-0.25, -0.2) is 0 Å². The Labute approximate surface area is 122 Å². The minimum absolute atomic E-state index is 0.0163. The van der Waals surface area contributed by atoms with E-state index in [2.05, 4.69) is 28.2 Å². The summed E-state index contributed by atoms with van der Waals surface area (Å²) >= 11 is 3.42. The van der Waals surface area contributed by atoms with E-state index in [0.29, 0.717) is 6.54 Å². The smallest absolute Gasteiger partial charge is 0.251 e. The van der Waals surface area contributed by atoms with Crippen LogP contribution in [0.1, 0.15) is 28.4 Å². The molecule has 2 aromatic carbocycles. The van der Waals surface area contributed by atoms with Crippen molar-refractivity contribution in [2.24, 2.45) is 0 Å². The molecule has 0 bridgehead atoms. The molecular weight excluding hydrogens is 302 g/mol. The first-order chi connectivity index (χ1) is 9.20. The highest BCUT2D eigenvalue weighted by Crippen LogP contribution is 2.12. The van der Waals surface area contributed by atoms with E-state index in [4.69, 9.17) is 0 Å². The molecule has 0 radical (unpaired) electrons. The first-order valence-corrected chi connectivity index (χ1v) is 7.10. The molecule has 0 aromatic heterocycles. The molecule has 0 fully saturated rings. The van der Waals surface area contributed by atoms with E-state index in [-0.39, 0.29) is 5.91 Å². The van der Waals surface area contributed by atoms with Crippen molar-refractivity contribution in [2.75, 3.05) is 0 Å². The van der Waals surface area contributed by atoms with Crippen molar-refractivity contribution in [1.29, 1.82) is 0 Å². The lowest BCUT2D eigenvalue weighted by Gasteiger charge is -2.09. The van der Waals surface area contributed by atoms with E-state index >= 15 is 0 Å². The molecule has 1 amide bonds. The average Bonchev–Trinajstić information content (AvgIpc) is 2.45. The summed E-state index contributed by atoms with van der Waals surface area (Å²) in [6.45, 7) is 2.59. The monoisotopic (exact) mass is 317 g/mol. The minimum atomic E-state index is -0.0163. The molecule has 2 nitrogen and oxygen atoms in total. The molecule has 1 N–H and O–H groups in total. The van der Waals surface area contributed by atoms with Crippen molar-refractivity contribution in [3.05, 3.63) is 69.7 Å². The van der Waals surface area contributed by atoms with Crippen molar-refractivity contribution >= 4 is 21.8 Å². The van der Waals surface area contributed by atoms with E-state index < -0.39 is 0 Å². The van der Waals surface area contributed by atoms with Crippen molar-refractivity contribution < 1.29 is 4.79 Å². The summed E-state index contributed by atoms with van der Waals surface area (Å²) in [5.74, 6) is -0.0163. The Bertz CT molecular complexity index is 580. The van der Waals surface area contributed by atoms with Gasteiger partial charge in [-0.3, -0.25) is 4.79 Å². The van der Waals surface area contributed by atoms with Crippen LogP contribution in [-0.2, 0) is 13.0 Å². The zero-order valence-electron chi connectivity index (χ0n) is 10.8. The zero-order chi connectivity index (χ0) is 13.7. The number of nitrogens with one attached hydrogen (secondary N) is 1. The standard InChI is InChI=1S/C16H16BrNO/c1-2-13-7-3-4-9-15(13)16(19)18-11-12-6-5-8-14(17)10-12/h3-10H,2,11H2,1H3,(H,18,19). The summed E-state index contributed by atoms with van der Waals surface area (Å²) in [6, 6.07) is 15.7. The summed E-state index contributed by atoms with van der Waals surface area (Å²) in [7, 11) is 0. The fraction of sp³-hybridized carbons (Fsp3) is 0.188. The lowest BCUT2D eigenvalue weighted by atomic mass is 10.0. The third kappa shape index (κ3) is 3.67. The predicted octanol–water partition coefficient (Wildman–Crippen LogP) is 3.94. The molecule has 0 aliphatic heterocycles. The lowest BCUT2D eigenvalue weighted by molar-refractivity contribution is 0.0950. The second kappa shape index (κ2) is 6.53. The van der Waals surface area contributed by atoms with Gasteiger partial charge in [0, 0.05) is 16.6 Å². The van der Waals surface area contributed by atoms with Crippen molar-refractivity contribution in [2.45, 2.75) is 19.9 Å². The Morgan fingerprint density at radius 2 is 1.95 bits per heavy atom. The molecule has 0 saturated heterocycles. The van der Waals surface area contributed by atoms with Crippen LogP contribution >= 0.6 is 15.9 Å². The van der Waals surface area contributed by atoms with Gasteiger partial charge in [0.1, 0.15) is 0 Å². The van der Waals surface area contributed by atoms with Crippen LogP contribution in [0.15, 0.2) is 53.0 Å². The van der Waals surface area contributed by atoms with Gasteiger partial charge in [0.2, 0.25) is 0 Å². The van der Waals surface area contributed by atoms with Crippen LogP contribution in [-0.4, -0.2) is 5.91 Å². The highest BCUT2D eigenvalue weighted by molar-refractivity contribution is 9.10. The largest absolute Gasteiger partial charge is 0.348 e. The molecule has 0 atom stereocenters. The summed E-state index contributed by atoms with van der Waals surface area (Å²) in [5, 5.41) is 2.96. The Hall–Kier alpha value is -1.61. The summed E-state index contributed by atoms with van der Waals surface area (Å²) in [5.41, 5.74) is 2.92. The number of benzene rings is 2. The molecular formula is C16H16BrNO. The topological polar surface area (TPSA) is 29.1 Å². The van der Waals surface area contributed by atoms with E-state index in [9.17, 15) is 4.79 Å². The van der Waals surface area contributed by atoms with Gasteiger partial charge in [-0.05, 0) is 35.7 Å². The Kier molecular flexibility index (Phi) is 4.74. The first-order valence-electron chi connectivity index (χ1n) is 6.31. The summed E-state index contributed by atoms with van der Waals surface area (Å²) in [4.78, 5) is 12.2. The van der Waals surface area contributed by atoms with Gasteiger partial charge in [-0.1, -0.05) is 53.2 Å². The van der Waals surface area contributed by atoms with Crippen LogP contribution in [0, 0.1) is 0 Å². The molecule has 0 heterocycles. The SMILES string of the molecule is CCc1ccccc1C(=O)NCc1cccc(Br)c1. The third-order valence-corrected chi connectivity index (χ3v) is 3.48. The predicted molar refractivity (Wildman–Crippen MR) is 81.1 cm³/mol. The summed E-state index contributed by atoms with van der Waals surface area (Å²) in [6.07, 6.45) is 0.862. The number of carbonyl (C=O) groups excluding carboxylic acids is 1. The maximum atomic E-state index is 12.2. The number of hydrogen-bond acceptors (Lipinski definition) is 1. The van der Waals surface area contributed by atoms with Crippen molar-refractivity contribution in [1.82, 2.24) is 5.32 Å². The van der Waals surface area contributed by atoms with Crippen molar-refractivity contribution in [3.63, 3.8) is 0 Å². The van der Waals surface area contributed by atoms with E-state index in [1.165, 1.54) is 0 Å². The highest BCUT2D eigenvalue weighted by Gasteiger charge is 2.08. The number of halogens is 1. The summed E-state index contributed by atoms with van der Waals surface area (Å²) < 4.78 is 1.02. The molecule has 98 valence electrons. The maximum absolute atomic E-state index is 12.2. The molecule has 0 aliphatic rings. The number of rotatable bonds is 4. The van der Waals surface area contributed by atoms with Gasteiger partial charge < -0.3 is 5.32 Å². The van der Waals surface area contributed by atoms with Crippen molar-refractivity contribution in [3.8, 4) is 0 Å². The Morgan fingerprint density at radius 1 is 1.16 bits per heavy atom. The molecule has 19 heavy (non-hydrogen) atoms. The molecule has 0 aliphatic carbocycles. The van der Waals surface area contributed by atoms with Gasteiger partial charge in [-0.2, -0.15) is 0 Å². The minimum Gasteiger partial charge on any atom is -0.348 e. The van der Waals surface area contributed by atoms with E-state index in [1.54, 1.807) is 0 Å². The molecule has 2 aromatic rings. The van der Waals surface area contributed by atoms with Gasteiger partial charge in [0.05, 0.1) is 0 Å². The fourth-order valence-electron chi connectivity index (χ4n) is 1.97. The van der Waals surface area contributed by atoms with Gasteiger partial charge in [0.25, 0.3) is 5.91 Å². The van der Waals surface area contributed by atoms with E-state index in [1.807, 2.05) is 48.5 Å². The van der Waals surface area contributed by atoms with Crippen LogP contribution in [0.3, 0.4) is 0 Å². The van der Waals surface area contributed by atoms with Gasteiger partial charge in [0.15, 0.2) is 0 Å².